The van der Waals surface area contributed by atoms with Gasteiger partial charge in [-0.05, 0) is 36.7 Å². The topological polar surface area (TPSA) is 92.3 Å². The van der Waals surface area contributed by atoms with Crippen LogP contribution in [0.3, 0.4) is 0 Å². The fraction of sp³-hybridized carbons (Fsp3) is 0.438. The molecule has 2 aliphatic rings. The Hall–Kier alpha value is -2.02. The zero-order valence-corrected chi connectivity index (χ0v) is 13.5. The Morgan fingerprint density at radius 1 is 1.17 bits per heavy atom. The summed E-state index contributed by atoms with van der Waals surface area (Å²) < 4.78 is 0. The number of rotatable bonds is 4. The maximum absolute atomic E-state index is 12.4. The van der Waals surface area contributed by atoms with Gasteiger partial charge in [0.25, 0.3) is 11.1 Å². The van der Waals surface area contributed by atoms with Crippen molar-refractivity contribution in [2.75, 3.05) is 6.54 Å². The number of thioether (sulfide) groups is 1. The number of carbonyl (C=O) groups is 3. The summed E-state index contributed by atoms with van der Waals surface area (Å²) in [6.45, 7) is 0.349. The summed E-state index contributed by atoms with van der Waals surface area (Å²) in [6.07, 6.45) is 4.32. The predicted molar refractivity (Wildman–Crippen MR) is 87.1 cm³/mol. The summed E-state index contributed by atoms with van der Waals surface area (Å²) in [4.78, 5) is 37.7. The number of carbonyl (C=O) groups excluding carboxylic acids is 3. The zero-order valence-electron chi connectivity index (χ0n) is 12.7. The first kappa shape index (κ1) is 15.9. The van der Waals surface area contributed by atoms with E-state index in [2.05, 4.69) is 5.32 Å². The van der Waals surface area contributed by atoms with Gasteiger partial charge in [0.15, 0.2) is 0 Å². The van der Waals surface area contributed by atoms with Gasteiger partial charge in [0, 0.05) is 10.9 Å². The van der Waals surface area contributed by atoms with E-state index in [1.165, 1.54) is 4.90 Å². The van der Waals surface area contributed by atoms with Crippen LogP contribution < -0.4 is 11.1 Å². The van der Waals surface area contributed by atoms with Crippen molar-refractivity contribution in [3.8, 4) is 0 Å². The van der Waals surface area contributed by atoms with Crippen LogP contribution in [0.2, 0.25) is 0 Å². The van der Waals surface area contributed by atoms with Crippen molar-refractivity contribution in [3.05, 3.63) is 29.8 Å². The number of nitrogens with two attached hydrogens (primary N) is 1. The normalized spacial score (nSPS) is 20.3. The van der Waals surface area contributed by atoms with Crippen molar-refractivity contribution in [1.82, 2.24) is 10.2 Å². The lowest BCUT2D eigenvalue weighted by molar-refractivity contribution is -0.118. The molecule has 122 valence electrons. The fourth-order valence-corrected chi connectivity index (χ4v) is 3.70. The second-order valence-corrected chi connectivity index (χ2v) is 6.90. The largest absolute Gasteiger partial charge is 0.368 e. The van der Waals surface area contributed by atoms with E-state index in [1.807, 2.05) is 0 Å². The second-order valence-electron chi connectivity index (χ2n) is 5.89. The van der Waals surface area contributed by atoms with Crippen LogP contribution in [0.15, 0.2) is 29.2 Å². The monoisotopic (exact) mass is 333 g/mol. The van der Waals surface area contributed by atoms with Crippen LogP contribution >= 0.6 is 11.8 Å². The number of hydrogen-bond donors (Lipinski definition) is 2. The van der Waals surface area contributed by atoms with Gasteiger partial charge in [-0.25, -0.2) is 0 Å². The third-order valence-corrected chi connectivity index (χ3v) is 5.08. The van der Waals surface area contributed by atoms with Crippen molar-refractivity contribution in [3.63, 3.8) is 0 Å². The van der Waals surface area contributed by atoms with Gasteiger partial charge in [-0.15, -0.1) is 0 Å². The minimum Gasteiger partial charge on any atom is -0.368 e. The molecule has 1 unspecified atom stereocenters. The maximum atomic E-state index is 12.4. The Bertz CT molecular complexity index is 643. The van der Waals surface area contributed by atoms with E-state index < -0.39 is 11.9 Å². The molecule has 23 heavy (non-hydrogen) atoms. The van der Waals surface area contributed by atoms with Crippen LogP contribution in [0.4, 0.5) is 4.79 Å². The first-order valence-corrected chi connectivity index (χ1v) is 8.55. The smallest absolute Gasteiger partial charge is 0.284 e. The maximum Gasteiger partial charge on any atom is 0.284 e. The molecule has 1 saturated carbocycles. The first-order chi connectivity index (χ1) is 11.1. The molecule has 1 aliphatic carbocycles. The van der Waals surface area contributed by atoms with E-state index in [0.717, 1.165) is 37.4 Å². The van der Waals surface area contributed by atoms with E-state index in [0.29, 0.717) is 17.0 Å². The summed E-state index contributed by atoms with van der Waals surface area (Å²) >= 11 is 1.03. The van der Waals surface area contributed by atoms with Crippen molar-refractivity contribution < 1.29 is 14.4 Å². The number of amides is 3. The third-order valence-electron chi connectivity index (χ3n) is 4.20. The van der Waals surface area contributed by atoms with Crippen LogP contribution in [0.5, 0.6) is 0 Å². The van der Waals surface area contributed by atoms with Crippen LogP contribution in [-0.4, -0.2) is 40.6 Å². The molecule has 1 aromatic carbocycles. The van der Waals surface area contributed by atoms with E-state index in [1.54, 1.807) is 24.3 Å². The third kappa shape index (κ3) is 3.67. The minimum atomic E-state index is -0.520. The highest BCUT2D eigenvalue weighted by Crippen LogP contribution is 2.29. The highest BCUT2D eigenvalue weighted by atomic mass is 32.2. The number of benzene rings is 1. The van der Waals surface area contributed by atoms with Crippen molar-refractivity contribution in [2.24, 2.45) is 5.73 Å². The average molecular weight is 333 g/mol. The van der Waals surface area contributed by atoms with Gasteiger partial charge in [0.05, 0.1) is 12.1 Å². The molecule has 7 heteroatoms. The molecule has 1 atom stereocenters. The molecule has 1 aromatic rings. The highest BCUT2D eigenvalue weighted by molar-refractivity contribution is 8.13. The van der Waals surface area contributed by atoms with Gasteiger partial charge in [-0.3, -0.25) is 14.4 Å². The highest BCUT2D eigenvalue weighted by Gasteiger charge is 2.43. The molecule has 1 aliphatic heterocycles. The minimum absolute atomic E-state index is 0.144. The molecular weight excluding hydrogens is 314 g/mol. The Balaban J connectivity index is 1.67. The summed E-state index contributed by atoms with van der Waals surface area (Å²) in [7, 11) is 0. The van der Waals surface area contributed by atoms with Crippen molar-refractivity contribution >= 4 is 28.8 Å². The molecule has 3 rings (SSSR count). The van der Waals surface area contributed by atoms with Crippen LogP contribution in [0, 0.1) is 0 Å². The quantitative estimate of drug-likeness (QED) is 0.648. The lowest BCUT2D eigenvalue weighted by atomic mass is 10.2. The summed E-state index contributed by atoms with van der Waals surface area (Å²) in [6, 6.07) is 6.67. The molecular formula is C16H19N3O3S. The Labute approximate surface area is 138 Å². The molecule has 3 amide bonds. The number of nitrogens with one attached hydrogen (secondary N) is 1. The lowest BCUT2D eigenvalue weighted by Crippen LogP contribution is -2.29. The van der Waals surface area contributed by atoms with E-state index in [-0.39, 0.29) is 17.2 Å². The molecule has 1 saturated heterocycles. The number of nitrogens with zero attached hydrogens (tertiary/aromatic N) is 1. The van der Waals surface area contributed by atoms with E-state index >= 15 is 0 Å². The average Bonchev–Trinajstić information content (AvgIpc) is 3.18. The van der Waals surface area contributed by atoms with Crippen LogP contribution in [-0.2, 0) is 4.79 Å². The van der Waals surface area contributed by atoms with Gasteiger partial charge >= 0.3 is 0 Å². The first-order valence-electron chi connectivity index (χ1n) is 7.74. The molecule has 0 spiro atoms. The van der Waals surface area contributed by atoms with Crippen LogP contribution in [0.1, 0.15) is 36.0 Å². The number of primary amides is 1. The molecule has 6 nitrogen and oxygen atoms in total. The van der Waals surface area contributed by atoms with E-state index in [9.17, 15) is 14.4 Å². The van der Waals surface area contributed by atoms with Gasteiger partial charge in [-0.1, -0.05) is 25.0 Å². The standard InChI is InChI=1S/C16H19N3O3S/c17-14(20)12-9-19(12)15(21)11-7-3-4-8-13(11)23-16(22)18-10-5-1-2-6-10/h3-4,7-8,10,12H,1-2,5-6,9H2,(H2,17,20)(H,18,22). The summed E-state index contributed by atoms with van der Waals surface area (Å²) in [5.74, 6) is -0.756. The zero-order chi connectivity index (χ0) is 16.4. The van der Waals surface area contributed by atoms with Gasteiger partial charge in [0.1, 0.15) is 6.04 Å². The number of hydrogen-bond acceptors (Lipinski definition) is 4. The molecule has 2 fully saturated rings. The SMILES string of the molecule is NC(=O)C1CN1C(=O)c1ccccc1SC(=O)NC1CCCC1. The summed E-state index contributed by atoms with van der Waals surface area (Å²) in [5.41, 5.74) is 5.65. The van der Waals surface area contributed by atoms with E-state index in [4.69, 9.17) is 5.73 Å². The summed E-state index contributed by atoms with van der Waals surface area (Å²) in [5, 5.41) is 2.85. The Kier molecular flexibility index (Phi) is 4.56. The second kappa shape index (κ2) is 6.62. The molecule has 0 radical (unpaired) electrons. The van der Waals surface area contributed by atoms with Crippen LogP contribution in [0.25, 0.3) is 0 Å². The molecule has 0 bridgehead atoms. The Morgan fingerprint density at radius 3 is 2.52 bits per heavy atom. The predicted octanol–water partition coefficient (Wildman–Crippen LogP) is 1.74. The molecule has 1 heterocycles. The molecule has 0 aromatic heterocycles. The fourth-order valence-electron chi connectivity index (χ4n) is 2.86. The Morgan fingerprint density at radius 2 is 1.87 bits per heavy atom. The van der Waals surface area contributed by atoms with Gasteiger partial charge in [-0.2, -0.15) is 0 Å². The molecule has 3 N–H and O–H groups in total. The van der Waals surface area contributed by atoms with Gasteiger partial charge in [0.2, 0.25) is 5.91 Å². The van der Waals surface area contributed by atoms with Crippen molar-refractivity contribution in [2.45, 2.75) is 42.7 Å². The van der Waals surface area contributed by atoms with Gasteiger partial charge < -0.3 is 16.0 Å². The van der Waals surface area contributed by atoms with Crippen molar-refractivity contribution in [1.29, 1.82) is 0 Å². The lowest BCUT2D eigenvalue weighted by Gasteiger charge is -2.13.